The van der Waals surface area contributed by atoms with Gasteiger partial charge < -0.3 is 5.32 Å². The van der Waals surface area contributed by atoms with Crippen molar-refractivity contribution in [3.05, 3.63) is 34.6 Å². The van der Waals surface area contributed by atoms with Gasteiger partial charge in [-0.25, -0.2) is 4.39 Å². The zero-order valence-electron chi connectivity index (χ0n) is 11.8. The molecule has 0 bridgehead atoms. The first kappa shape index (κ1) is 15.5. The normalized spacial score (nSPS) is 14.0. The number of hydrogen-bond acceptors (Lipinski definition) is 1. The van der Waals surface area contributed by atoms with Gasteiger partial charge in [0.05, 0.1) is 5.02 Å². The molecule has 1 nitrogen and oxygen atoms in total. The Morgan fingerprint density at radius 1 is 1.28 bits per heavy atom. The number of halogens is 2. The second-order valence-electron chi connectivity index (χ2n) is 5.92. The lowest BCUT2D eigenvalue weighted by Gasteiger charge is -2.31. The number of hydrogen-bond donors (Lipinski definition) is 1. The average Bonchev–Trinajstić information content (AvgIpc) is 2.29. The van der Waals surface area contributed by atoms with Gasteiger partial charge in [0.2, 0.25) is 0 Å². The van der Waals surface area contributed by atoms with E-state index in [1.54, 1.807) is 12.1 Å². The quantitative estimate of drug-likeness (QED) is 0.810. The van der Waals surface area contributed by atoms with E-state index in [0.717, 1.165) is 12.1 Å². The molecule has 0 heterocycles. The van der Waals surface area contributed by atoms with E-state index in [1.807, 2.05) is 0 Å². The van der Waals surface area contributed by atoms with Crippen LogP contribution in [0.1, 0.15) is 46.2 Å². The van der Waals surface area contributed by atoms with Gasteiger partial charge in [-0.3, -0.25) is 0 Å². The summed E-state index contributed by atoms with van der Waals surface area (Å²) in [5, 5.41) is 3.67. The van der Waals surface area contributed by atoms with Crippen LogP contribution in [0.2, 0.25) is 5.02 Å². The monoisotopic (exact) mass is 271 g/mol. The summed E-state index contributed by atoms with van der Waals surface area (Å²) in [6, 6.07) is 5.06. The predicted molar refractivity (Wildman–Crippen MR) is 76.4 cm³/mol. The molecular formula is C15H23ClFN. The second kappa shape index (κ2) is 6.03. The summed E-state index contributed by atoms with van der Waals surface area (Å²) in [4.78, 5) is 0. The van der Waals surface area contributed by atoms with Gasteiger partial charge in [-0.15, -0.1) is 0 Å². The van der Waals surface area contributed by atoms with Gasteiger partial charge in [-0.1, -0.05) is 45.4 Å². The van der Waals surface area contributed by atoms with Crippen LogP contribution in [0.4, 0.5) is 4.39 Å². The van der Waals surface area contributed by atoms with Crippen LogP contribution >= 0.6 is 11.6 Å². The summed E-state index contributed by atoms with van der Waals surface area (Å²) in [5.41, 5.74) is 1.25. The van der Waals surface area contributed by atoms with Crippen molar-refractivity contribution in [2.45, 2.75) is 40.7 Å². The van der Waals surface area contributed by atoms with Crippen molar-refractivity contribution in [2.24, 2.45) is 11.3 Å². The summed E-state index contributed by atoms with van der Waals surface area (Å²) in [6.07, 6.45) is 0. The molecule has 0 spiro atoms. The highest BCUT2D eigenvalue weighted by molar-refractivity contribution is 6.30. The molecule has 0 aliphatic carbocycles. The summed E-state index contributed by atoms with van der Waals surface area (Å²) in [7, 11) is 0. The van der Waals surface area contributed by atoms with Crippen molar-refractivity contribution in [1.82, 2.24) is 5.32 Å². The van der Waals surface area contributed by atoms with E-state index in [-0.39, 0.29) is 22.3 Å². The zero-order valence-corrected chi connectivity index (χ0v) is 12.6. The van der Waals surface area contributed by atoms with E-state index in [9.17, 15) is 4.39 Å². The Morgan fingerprint density at radius 2 is 1.89 bits per heavy atom. The van der Waals surface area contributed by atoms with Crippen LogP contribution in [0.15, 0.2) is 18.2 Å². The lowest BCUT2D eigenvalue weighted by molar-refractivity contribution is 0.230. The molecule has 1 unspecified atom stereocenters. The second-order valence-corrected chi connectivity index (χ2v) is 6.33. The molecule has 0 saturated heterocycles. The Morgan fingerprint density at radius 3 is 2.39 bits per heavy atom. The van der Waals surface area contributed by atoms with Crippen molar-refractivity contribution in [2.75, 3.05) is 6.54 Å². The fourth-order valence-electron chi connectivity index (χ4n) is 1.52. The molecule has 0 fully saturated rings. The van der Waals surface area contributed by atoms with E-state index < -0.39 is 0 Å². The van der Waals surface area contributed by atoms with E-state index in [1.165, 1.54) is 6.07 Å². The Kier molecular flexibility index (Phi) is 5.18. The lowest BCUT2D eigenvalue weighted by atomic mass is 9.81. The molecule has 0 radical (unpaired) electrons. The third-order valence-corrected chi connectivity index (χ3v) is 4.16. The molecule has 0 aliphatic rings. The molecular weight excluding hydrogens is 249 g/mol. The zero-order chi connectivity index (χ0) is 13.9. The minimum Gasteiger partial charge on any atom is -0.310 e. The maximum Gasteiger partial charge on any atom is 0.141 e. The minimum atomic E-state index is -0.366. The van der Waals surface area contributed by atoms with Gasteiger partial charge in [0.1, 0.15) is 5.82 Å². The third-order valence-electron chi connectivity index (χ3n) is 3.87. The molecule has 18 heavy (non-hydrogen) atoms. The minimum absolute atomic E-state index is 0.168. The molecule has 0 aromatic heterocycles. The first-order chi connectivity index (χ1) is 8.24. The lowest BCUT2D eigenvalue weighted by Crippen LogP contribution is -2.34. The van der Waals surface area contributed by atoms with E-state index in [4.69, 9.17) is 11.6 Å². The molecule has 0 aliphatic heterocycles. The Balaban J connectivity index is 2.66. The van der Waals surface area contributed by atoms with Gasteiger partial charge in [0, 0.05) is 12.6 Å². The first-order valence-electron chi connectivity index (χ1n) is 6.42. The van der Waals surface area contributed by atoms with Crippen LogP contribution < -0.4 is 5.32 Å². The standard InChI is InChI=1S/C15H23ClFN/c1-10(2)15(4,5)9-18-11(3)12-6-7-14(17)13(16)8-12/h6-8,10-11,18H,9H2,1-5H3. The maximum absolute atomic E-state index is 13.1. The topological polar surface area (TPSA) is 12.0 Å². The third kappa shape index (κ3) is 3.96. The molecule has 0 amide bonds. The summed E-state index contributed by atoms with van der Waals surface area (Å²) < 4.78 is 13.1. The van der Waals surface area contributed by atoms with Crippen molar-refractivity contribution >= 4 is 11.6 Å². The smallest absolute Gasteiger partial charge is 0.141 e. The molecule has 1 aromatic carbocycles. The molecule has 1 aromatic rings. The Bertz CT molecular complexity index is 401. The van der Waals surface area contributed by atoms with E-state index >= 15 is 0 Å². The first-order valence-corrected chi connectivity index (χ1v) is 6.80. The highest BCUT2D eigenvalue weighted by Crippen LogP contribution is 2.26. The van der Waals surface area contributed by atoms with E-state index in [2.05, 4.69) is 39.9 Å². The molecule has 1 N–H and O–H groups in total. The van der Waals surface area contributed by atoms with Gasteiger partial charge in [-0.2, -0.15) is 0 Å². The van der Waals surface area contributed by atoms with Crippen LogP contribution in [0, 0.1) is 17.2 Å². The van der Waals surface area contributed by atoms with Crippen molar-refractivity contribution < 1.29 is 4.39 Å². The predicted octanol–water partition coefficient (Wildman–Crippen LogP) is 4.81. The summed E-state index contributed by atoms with van der Waals surface area (Å²) in [6.45, 7) is 11.9. The van der Waals surface area contributed by atoms with Crippen LogP contribution in [-0.2, 0) is 0 Å². The molecule has 1 rings (SSSR count). The van der Waals surface area contributed by atoms with Crippen molar-refractivity contribution in [3.63, 3.8) is 0 Å². The Hall–Kier alpha value is -0.600. The van der Waals surface area contributed by atoms with Gasteiger partial charge in [0.15, 0.2) is 0 Å². The number of nitrogens with one attached hydrogen (secondary N) is 1. The fourth-order valence-corrected chi connectivity index (χ4v) is 1.71. The number of rotatable bonds is 5. The molecule has 0 saturated carbocycles. The maximum atomic E-state index is 13.1. The summed E-state index contributed by atoms with van der Waals surface area (Å²) >= 11 is 5.80. The van der Waals surface area contributed by atoms with Gasteiger partial charge in [0.25, 0.3) is 0 Å². The summed E-state index contributed by atoms with van der Waals surface area (Å²) in [5.74, 6) is 0.240. The van der Waals surface area contributed by atoms with Crippen LogP contribution in [0.25, 0.3) is 0 Å². The molecule has 3 heteroatoms. The SMILES string of the molecule is CC(NCC(C)(C)C(C)C)c1ccc(F)c(Cl)c1. The van der Waals surface area contributed by atoms with Crippen molar-refractivity contribution in [1.29, 1.82) is 0 Å². The van der Waals surface area contributed by atoms with E-state index in [0.29, 0.717) is 5.92 Å². The largest absolute Gasteiger partial charge is 0.310 e. The molecule has 1 atom stereocenters. The fraction of sp³-hybridized carbons (Fsp3) is 0.600. The highest BCUT2D eigenvalue weighted by atomic mass is 35.5. The number of benzene rings is 1. The van der Waals surface area contributed by atoms with Crippen LogP contribution in [0.3, 0.4) is 0 Å². The van der Waals surface area contributed by atoms with Crippen molar-refractivity contribution in [3.8, 4) is 0 Å². The Labute approximate surface area is 115 Å². The van der Waals surface area contributed by atoms with Crippen LogP contribution in [0.5, 0.6) is 0 Å². The van der Waals surface area contributed by atoms with Gasteiger partial charge in [-0.05, 0) is 36.0 Å². The van der Waals surface area contributed by atoms with Crippen LogP contribution in [-0.4, -0.2) is 6.54 Å². The van der Waals surface area contributed by atoms with Gasteiger partial charge >= 0.3 is 0 Å². The average molecular weight is 272 g/mol. The highest BCUT2D eigenvalue weighted by Gasteiger charge is 2.22. The molecule has 102 valence electrons.